The van der Waals surface area contributed by atoms with Gasteiger partial charge in [0.25, 0.3) is 5.91 Å². The number of carbonyl (C=O) groups excluding carboxylic acids is 3. The lowest BCUT2D eigenvalue weighted by atomic mass is 10.1. The number of ketones is 1. The molecule has 1 fully saturated rings. The van der Waals surface area contributed by atoms with Crippen LogP contribution in [0.3, 0.4) is 0 Å². The fourth-order valence-electron chi connectivity index (χ4n) is 3.20. The van der Waals surface area contributed by atoms with Crippen LogP contribution in [0, 0.1) is 5.82 Å². The second-order valence-corrected chi connectivity index (χ2v) is 7.20. The van der Waals surface area contributed by atoms with Gasteiger partial charge in [-0.3, -0.25) is 14.4 Å². The van der Waals surface area contributed by atoms with E-state index in [1.54, 1.807) is 48.2 Å². The van der Waals surface area contributed by atoms with Crippen LogP contribution in [0.1, 0.15) is 24.2 Å². The maximum Gasteiger partial charge on any atom is 0.251 e. The molecule has 1 N–H and O–H groups in total. The van der Waals surface area contributed by atoms with E-state index in [0.717, 1.165) is 5.69 Å². The Morgan fingerprint density at radius 3 is 2.07 bits per heavy atom. The van der Waals surface area contributed by atoms with E-state index in [1.807, 2.05) is 0 Å². The molecular formula is C23H24FN3O3. The second-order valence-electron chi connectivity index (χ2n) is 7.20. The van der Waals surface area contributed by atoms with Gasteiger partial charge in [-0.25, -0.2) is 4.39 Å². The molecule has 2 amide bonds. The van der Waals surface area contributed by atoms with Crippen LogP contribution in [0.5, 0.6) is 0 Å². The third-order valence-corrected chi connectivity index (χ3v) is 5.03. The first kappa shape index (κ1) is 21.2. The quantitative estimate of drug-likeness (QED) is 0.608. The molecule has 156 valence electrons. The van der Waals surface area contributed by atoms with E-state index >= 15 is 0 Å². The lowest BCUT2D eigenvalue weighted by Gasteiger charge is -2.35. The molecule has 7 heteroatoms. The van der Waals surface area contributed by atoms with Crippen molar-refractivity contribution in [2.45, 2.75) is 13.8 Å². The highest BCUT2D eigenvalue weighted by atomic mass is 19.1. The fraction of sp³-hybridized carbons (Fsp3) is 0.261. The number of piperazine rings is 1. The number of amides is 2. The summed E-state index contributed by atoms with van der Waals surface area (Å²) in [6.45, 7) is 5.39. The normalized spacial score (nSPS) is 14.4. The van der Waals surface area contributed by atoms with Crippen molar-refractivity contribution in [3.63, 3.8) is 0 Å². The Balaban J connectivity index is 1.54. The fourth-order valence-corrected chi connectivity index (χ4v) is 3.20. The highest BCUT2D eigenvalue weighted by Crippen LogP contribution is 2.17. The second kappa shape index (κ2) is 9.35. The van der Waals surface area contributed by atoms with Gasteiger partial charge in [-0.15, -0.1) is 0 Å². The summed E-state index contributed by atoms with van der Waals surface area (Å²) >= 11 is 0. The monoisotopic (exact) mass is 409 g/mol. The Labute approximate surface area is 175 Å². The van der Waals surface area contributed by atoms with Crippen molar-refractivity contribution in [3.05, 3.63) is 71.6 Å². The number of nitrogens with one attached hydrogen (secondary N) is 1. The van der Waals surface area contributed by atoms with Crippen LogP contribution in [0.4, 0.5) is 15.8 Å². The summed E-state index contributed by atoms with van der Waals surface area (Å²) in [5.41, 5.74) is 2.34. The minimum absolute atomic E-state index is 0.0472. The minimum atomic E-state index is -0.371. The standard InChI is InChI=1S/C23H24FN3O3/c1-16(23(30)25-20-7-3-18(4-8-20)17(2)28)15-22(29)27-13-11-26(12-14-27)21-9-5-19(24)6-10-21/h3-10,15H,11-14H2,1-2H3,(H,25,30)/b16-15-. The van der Waals surface area contributed by atoms with Crippen LogP contribution >= 0.6 is 0 Å². The molecular weight excluding hydrogens is 385 g/mol. The minimum Gasteiger partial charge on any atom is -0.368 e. The van der Waals surface area contributed by atoms with Gasteiger partial charge in [0.05, 0.1) is 0 Å². The average Bonchev–Trinajstić information content (AvgIpc) is 2.74. The molecule has 1 heterocycles. The van der Waals surface area contributed by atoms with Gasteiger partial charge in [-0.1, -0.05) is 0 Å². The molecule has 6 nitrogen and oxygen atoms in total. The number of Topliss-reactive ketones (excluding diaryl/α,β-unsaturated/α-hetero) is 1. The molecule has 0 aliphatic carbocycles. The van der Waals surface area contributed by atoms with Gasteiger partial charge in [-0.05, 0) is 62.4 Å². The maximum atomic E-state index is 13.1. The zero-order chi connectivity index (χ0) is 21.7. The van der Waals surface area contributed by atoms with Crippen molar-refractivity contribution in [1.82, 2.24) is 4.90 Å². The third-order valence-electron chi connectivity index (χ3n) is 5.03. The smallest absolute Gasteiger partial charge is 0.251 e. The SMILES string of the molecule is CC(=O)c1ccc(NC(=O)/C(C)=C\C(=O)N2CCN(c3ccc(F)cc3)CC2)cc1. The van der Waals surface area contributed by atoms with E-state index in [-0.39, 0.29) is 23.4 Å². The van der Waals surface area contributed by atoms with Crippen molar-refractivity contribution in [2.24, 2.45) is 0 Å². The van der Waals surface area contributed by atoms with Gasteiger partial charge in [0, 0.05) is 54.8 Å². The van der Waals surface area contributed by atoms with E-state index < -0.39 is 0 Å². The zero-order valence-electron chi connectivity index (χ0n) is 17.0. The van der Waals surface area contributed by atoms with Crippen LogP contribution in [-0.2, 0) is 9.59 Å². The molecule has 2 aromatic rings. The van der Waals surface area contributed by atoms with Crippen LogP contribution in [0.15, 0.2) is 60.2 Å². The molecule has 1 aliphatic rings. The highest BCUT2D eigenvalue weighted by molar-refractivity contribution is 6.07. The molecule has 0 spiro atoms. The zero-order valence-corrected chi connectivity index (χ0v) is 17.0. The number of rotatable bonds is 5. The summed E-state index contributed by atoms with van der Waals surface area (Å²) in [5.74, 6) is -0.910. The molecule has 0 atom stereocenters. The summed E-state index contributed by atoms with van der Waals surface area (Å²) in [6, 6.07) is 12.9. The lowest BCUT2D eigenvalue weighted by molar-refractivity contribution is -0.126. The first-order chi connectivity index (χ1) is 14.3. The van der Waals surface area contributed by atoms with Gasteiger partial charge < -0.3 is 15.1 Å². The van der Waals surface area contributed by atoms with E-state index in [1.165, 1.54) is 25.1 Å². The molecule has 1 aliphatic heterocycles. The van der Waals surface area contributed by atoms with Crippen molar-refractivity contribution in [1.29, 1.82) is 0 Å². The van der Waals surface area contributed by atoms with E-state index in [2.05, 4.69) is 10.2 Å². The van der Waals surface area contributed by atoms with Crippen molar-refractivity contribution >= 4 is 29.0 Å². The number of hydrogen-bond acceptors (Lipinski definition) is 4. The summed E-state index contributed by atoms with van der Waals surface area (Å²) in [4.78, 5) is 40.0. The van der Waals surface area contributed by atoms with Crippen molar-refractivity contribution in [3.8, 4) is 0 Å². The Bertz CT molecular complexity index is 960. The van der Waals surface area contributed by atoms with E-state index in [9.17, 15) is 18.8 Å². The predicted octanol–water partition coefficient (Wildman–Crippen LogP) is 3.26. The lowest BCUT2D eigenvalue weighted by Crippen LogP contribution is -2.48. The number of benzene rings is 2. The third kappa shape index (κ3) is 5.31. The summed E-state index contributed by atoms with van der Waals surface area (Å²) in [7, 11) is 0. The Morgan fingerprint density at radius 2 is 1.50 bits per heavy atom. The van der Waals surface area contributed by atoms with Gasteiger partial charge in [-0.2, -0.15) is 0 Å². The maximum absolute atomic E-state index is 13.1. The molecule has 0 aromatic heterocycles. The topological polar surface area (TPSA) is 69.7 Å². The van der Waals surface area contributed by atoms with Crippen molar-refractivity contribution < 1.29 is 18.8 Å². The predicted molar refractivity (Wildman–Crippen MR) is 114 cm³/mol. The molecule has 1 saturated heterocycles. The summed E-state index contributed by atoms with van der Waals surface area (Å²) in [6.07, 6.45) is 1.34. The molecule has 0 unspecified atom stereocenters. The summed E-state index contributed by atoms with van der Waals surface area (Å²) < 4.78 is 13.1. The molecule has 2 aromatic carbocycles. The molecule has 30 heavy (non-hydrogen) atoms. The van der Waals surface area contributed by atoms with Gasteiger partial charge in [0.15, 0.2) is 5.78 Å². The van der Waals surface area contributed by atoms with Gasteiger partial charge in [0.2, 0.25) is 5.91 Å². The van der Waals surface area contributed by atoms with E-state index in [0.29, 0.717) is 43.0 Å². The molecule has 0 saturated carbocycles. The molecule has 0 radical (unpaired) electrons. The number of carbonyl (C=O) groups is 3. The first-order valence-corrected chi connectivity index (χ1v) is 9.73. The largest absolute Gasteiger partial charge is 0.368 e. The van der Waals surface area contributed by atoms with Crippen LogP contribution in [-0.4, -0.2) is 48.7 Å². The Morgan fingerprint density at radius 1 is 0.900 bits per heavy atom. The van der Waals surface area contributed by atoms with Gasteiger partial charge >= 0.3 is 0 Å². The number of anilines is 2. The van der Waals surface area contributed by atoms with Crippen molar-refractivity contribution in [2.75, 3.05) is 36.4 Å². The average molecular weight is 409 g/mol. The number of halogens is 1. The number of hydrogen-bond donors (Lipinski definition) is 1. The first-order valence-electron chi connectivity index (χ1n) is 9.73. The van der Waals surface area contributed by atoms with Crippen LogP contribution < -0.4 is 10.2 Å². The molecule has 0 bridgehead atoms. The van der Waals surface area contributed by atoms with E-state index in [4.69, 9.17) is 0 Å². The van der Waals surface area contributed by atoms with Gasteiger partial charge in [0.1, 0.15) is 5.82 Å². The Hall–Kier alpha value is -3.48. The highest BCUT2D eigenvalue weighted by Gasteiger charge is 2.21. The summed E-state index contributed by atoms with van der Waals surface area (Å²) in [5, 5.41) is 2.72. The molecule has 3 rings (SSSR count). The van der Waals surface area contributed by atoms with Crippen LogP contribution in [0.2, 0.25) is 0 Å². The van der Waals surface area contributed by atoms with Crippen LogP contribution in [0.25, 0.3) is 0 Å². The number of nitrogens with zero attached hydrogens (tertiary/aromatic N) is 2. The Kier molecular flexibility index (Phi) is 6.61.